The number of rotatable bonds is 4. The van der Waals surface area contributed by atoms with Crippen LogP contribution < -0.4 is 0 Å². The number of carbonyl (C=O) groups is 1. The van der Waals surface area contributed by atoms with Gasteiger partial charge in [-0.15, -0.1) is 0 Å². The van der Waals surface area contributed by atoms with Crippen molar-refractivity contribution in [1.82, 2.24) is 19.4 Å². The second kappa shape index (κ2) is 6.14. The Bertz CT molecular complexity index is 903. The Hall–Kier alpha value is -2.86. The Balaban J connectivity index is 1.45. The molecule has 2 aliphatic heterocycles. The van der Waals surface area contributed by atoms with E-state index in [9.17, 15) is 4.79 Å². The van der Waals surface area contributed by atoms with Crippen LogP contribution in [0.3, 0.4) is 0 Å². The molecular formula is C20H20N4O2. The molecule has 0 aliphatic carbocycles. The Labute approximate surface area is 151 Å². The highest BCUT2D eigenvalue weighted by atomic mass is 16.3. The van der Waals surface area contributed by atoms with Crippen molar-refractivity contribution < 1.29 is 9.21 Å². The van der Waals surface area contributed by atoms with Gasteiger partial charge in [-0.25, -0.2) is 0 Å². The van der Waals surface area contributed by atoms with E-state index >= 15 is 0 Å². The van der Waals surface area contributed by atoms with E-state index in [4.69, 9.17) is 4.42 Å². The van der Waals surface area contributed by atoms with Gasteiger partial charge in [0.2, 0.25) is 0 Å². The molecule has 0 bridgehead atoms. The van der Waals surface area contributed by atoms with Crippen LogP contribution in [0.4, 0.5) is 0 Å². The predicted molar refractivity (Wildman–Crippen MR) is 95.4 cm³/mol. The molecule has 1 amide bonds. The molecule has 5 rings (SSSR count). The van der Waals surface area contributed by atoms with Crippen molar-refractivity contribution in [2.24, 2.45) is 0 Å². The van der Waals surface area contributed by atoms with E-state index in [-0.39, 0.29) is 18.0 Å². The van der Waals surface area contributed by atoms with Gasteiger partial charge in [0.25, 0.3) is 5.91 Å². The zero-order valence-electron chi connectivity index (χ0n) is 14.4. The lowest BCUT2D eigenvalue weighted by Crippen LogP contribution is -2.49. The summed E-state index contributed by atoms with van der Waals surface area (Å²) in [7, 11) is 0. The molecule has 0 saturated carbocycles. The standard InChI is InChI=1S/C20H20N4O2/c25-20-17-6-2-8-23(17)18-13-22(12-16-5-3-9-26-16)14-19(18)24(20)11-15-4-1-7-21-10-15/h1-10,18-19H,11-14H2/t18-,19-/m1/s1. The molecule has 5 heterocycles. The topological polar surface area (TPSA) is 54.5 Å². The van der Waals surface area contributed by atoms with Crippen molar-refractivity contribution in [2.75, 3.05) is 13.1 Å². The first-order valence-corrected chi connectivity index (χ1v) is 8.91. The summed E-state index contributed by atoms with van der Waals surface area (Å²) in [6, 6.07) is 12.2. The number of hydrogen-bond donors (Lipinski definition) is 0. The van der Waals surface area contributed by atoms with Crippen LogP contribution in [-0.2, 0) is 13.1 Å². The van der Waals surface area contributed by atoms with Crippen molar-refractivity contribution in [2.45, 2.75) is 25.2 Å². The average molecular weight is 348 g/mol. The molecule has 26 heavy (non-hydrogen) atoms. The number of likely N-dealkylation sites (tertiary alicyclic amines) is 1. The molecule has 1 saturated heterocycles. The van der Waals surface area contributed by atoms with E-state index in [1.807, 2.05) is 53.7 Å². The molecular weight excluding hydrogens is 328 g/mol. The predicted octanol–water partition coefficient (Wildman–Crippen LogP) is 2.56. The second-order valence-corrected chi connectivity index (χ2v) is 7.00. The van der Waals surface area contributed by atoms with Gasteiger partial charge in [0, 0.05) is 38.2 Å². The van der Waals surface area contributed by atoms with E-state index in [1.165, 1.54) is 0 Å². The van der Waals surface area contributed by atoms with Crippen molar-refractivity contribution in [3.63, 3.8) is 0 Å². The van der Waals surface area contributed by atoms with Crippen LogP contribution in [0.25, 0.3) is 0 Å². The monoisotopic (exact) mass is 348 g/mol. The molecule has 0 aromatic carbocycles. The van der Waals surface area contributed by atoms with Gasteiger partial charge in [0.05, 0.1) is 24.9 Å². The van der Waals surface area contributed by atoms with E-state index < -0.39 is 0 Å². The normalized spacial score (nSPS) is 22.5. The Kier molecular flexibility index (Phi) is 3.64. The fourth-order valence-corrected chi connectivity index (χ4v) is 4.22. The number of fused-ring (bicyclic) bond motifs is 3. The highest BCUT2D eigenvalue weighted by Gasteiger charge is 2.44. The minimum absolute atomic E-state index is 0.0972. The summed E-state index contributed by atoms with van der Waals surface area (Å²) in [6.45, 7) is 3.11. The minimum atomic E-state index is 0.0972. The summed E-state index contributed by atoms with van der Waals surface area (Å²) < 4.78 is 7.66. The number of nitrogens with zero attached hydrogens (tertiary/aromatic N) is 4. The minimum Gasteiger partial charge on any atom is -0.468 e. The SMILES string of the molecule is O=C1c2cccn2[C@@H]2CN(Cc3ccco3)C[C@H]2N1Cc1cccnc1. The third-order valence-corrected chi connectivity index (χ3v) is 5.39. The van der Waals surface area contributed by atoms with Crippen LogP contribution in [0, 0.1) is 0 Å². The zero-order valence-corrected chi connectivity index (χ0v) is 14.4. The number of aromatic nitrogens is 2. The molecule has 3 aromatic heterocycles. The van der Waals surface area contributed by atoms with Crippen LogP contribution in [0.5, 0.6) is 0 Å². The molecule has 0 unspecified atom stereocenters. The summed E-state index contributed by atoms with van der Waals surface area (Å²) in [5, 5.41) is 0. The lowest BCUT2D eigenvalue weighted by Gasteiger charge is -2.38. The number of amides is 1. The van der Waals surface area contributed by atoms with Crippen molar-refractivity contribution >= 4 is 5.91 Å². The molecule has 2 aliphatic rings. The first-order valence-electron chi connectivity index (χ1n) is 8.91. The maximum absolute atomic E-state index is 13.1. The van der Waals surface area contributed by atoms with Crippen molar-refractivity contribution in [3.8, 4) is 0 Å². The van der Waals surface area contributed by atoms with Crippen LogP contribution in [0.2, 0.25) is 0 Å². The Morgan fingerprint density at radius 2 is 2.00 bits per heavy atom. The van der Waals surface area contributed by atoms with Crippen LogP contribution >= 0.6 is 0 Å². The summed E-state index contributed by atoms with van der Waals surface area (Å²) in [5.74, 6) is 1.06. The fourth-order valence-electron chi connectivity index (χ4n) is 4.22. The van der Waals surface area contributed by atoms with Crippen molar-refractivity contribution in [3.05, 3.63) is 78.3 Å². The number of hydrogen-bond acceptors (Lipinski definition) is 4. The number of pyridine rings is 1. The second-order valence-electron chi connectivity index (χ2n) is 7.00. The lowest BCUT2D eigenvalue weighted by molar-refractivity contribution is 0.0556. The first kappa shape index (κ1) is 15.4. The fraction of sp³-hybridized carbons (Fsp3) is 0.300. The Morgan fingerprint density at radius 3 is 2.81 bits per heavy atom. The largest absolute Gasteiger partial charge is 0.468 e. The molecule has 0 radical (unpaired) electrons. The molecule has 6 heteroatoms. The summed E-state index contributed by atoms with van der Waals surface area (Å²) in [5.41, 5.74) is 1.83. The maximum Gasteiger partial charge on any atom is 0.271 e. The molecule has 6 nitrogen and oxygen atoms in total. The van der Waals surface area contributed by atoms with Gasteiger partial charge in [-0.2, -0.15) is 0 Å². The summed E-state index contributed by atoms with van der Waals surface area (Å²) in [6.07, 6.45) is 7.34. The molecule has 0 N–H and O–H groups in total. The highest BCUT2D eigenvalue weighted by Crippen LogP contribution is 2.35. The van der Waals surface area contributed by atoms with E-state index in [0.717, 1.165) is 36.7 Å². The van der Waals surface area contributed by atoms with Crippen LogP contribution in [-0.4, -0.2) is 44.4 Å². The van der Waals surface area contributed by atoms with Crippen LogP contribution in [0.15, 0.2) is 65.7 Å². The maximum atomic E-state index is 13.1. The molecule has 3 aromatic rings. The zero-order chi connectivity index (χ0) is 17.5. The number of carbonyl (C=O) groups excluding carboxylic acids is 1. The van der Waals surface area contributed by atoms with E-state index in [2.05, 4.69) is 14.5 Å². The van der Waals surface area contributed by atoms with Crippen molar-refractivity contribution in [1.29, 1.82) is 0 Å². The van der Waals surface area contributed by atoms with E-state index in [0.29, 0.717) is 6.54 Å². The van der Waals surface area contributed by atoms with Gasteiger partial charge in [-0.05, 0) is 35.9 Å². The smallest absolute Gasteiger partial charge is 0.271 e. The first-order chi connectivity index (χ1) is 12.8. The third kappa shape index (κ3) is 2.54. The quantitative estimate of drug-likeness (QED) is 0.727. The molecule has 132 valence electrons. The van der Waals surface area contributed by atoms with Gasteiger partial charge in [-0.1, -0.05) is 6.07 Å². The van der Waals surface area contributed by atoms with Gasteiger partial charge in [0.1, 0.15) is 11.5 Å². The number of furan rings is 1. The lowest BCUT2D eigenvalue weighted by atomic mass is 10.0. The average Bonchev–Trinajstić information content (AvgIpc) is 3.40. The summed E-state index contributed by atoms with van der Waals surface area (Å²) >= 11 is 0. The molecule has 1 fully saturated rings. The van der Waals surface area contributed by atoms with Gasteiger partial charge in [0.15, 0.2) is 0 Å². The highest BCUT2D eigenvalue weighted by molar-refractivity contribution is 5.94. The van der Waals surface area contributed by atoms with E-state index in [1.54, 1.807) is 12.5 Å². The molecule has 0 spiro atoms. The van der Waals surface area contributed by atoms with Gasteiger partial charge >= 0.3 is 0 Å². The Morgan fingerprint density at radius 1 is 1.08 bits per heavy atom. The van der Waals surface area contributed by atoms with Gasteiger partial charge < -0.3 is 13.9 Å². The van der Waals surface area contributed by atoms with Crippen LogP contribution in [0.1, 0.15) is 27.9 Å². The third-order valence-electron chi connectivity index (χ3n) is 5.39. The summed E-state index contributed by atoms with van der Waals surface area (Å²) in [4.78, 5) is 21.7. The van der Waals surface area contributed by atoms with Gasteiger partial charge in [-0.3, -0.25) is 14.7 Å². The molecule has 2 atom stereocenters.